The van der Waals surface area contributed by atoms with Crippen LogP contribution in [0.4, 0.5) is 0 Å². The molecule has 3 heteroatoms. The first-order valence-electron chi connectivity index (χ1n) is 7.31. The number of nitrogens with one attached hydrogen (secondary N) is 1. The van der Waals surface area contributed by atoms with E-state index in [1.807, 2.05) is 30.3 Å². The fraction of sp³-hybridized carbons (Fsp3) is 0.625. The van der Waals surface area contributed by atoms with E-state index in [-0.39, 0.29) is 0 Å². The Morgan fingerprint density at radius 3 is 2.53 bits per heavy atom. The van der Waals surface area contributed by atoms with Gasteiger partial charge in [0.15, 0.2) is 0 Å². The van der Waals surface area contributed by atoms with Gasteiger partial charge in [-0.05, 0) is 58.5 Å². The van der Waals surface area contributed by atoms with E-state index in [0.29, 0.717) is 5.54 Å². The van der Waals surface area contributed by atoms with Gasteiger partial charge in [-0.25, -0.2) is 0 Å². The van der Waals surface area contributed by atoms with Crippen LogP contribution in [0.25, 0.3) is 0 Å². The van der Waals surface area contributed by atoms with Crippen LogP contribution in [-0.4, -0.2) is 43.7 Å². The van der Waals surface area contributed by atoms with E-state index in [4.69, 9.17) is 4.74 Å². The molecule has 0 unspecified atom stereocenters. The van der Waals surface area contributed by atoms with Gasteiger partial charge in [0.1, 0.15) is 5.75 Å². The molecule has 19 heavy (non-hydrogen) atoms. The number of likely N-dealkylation sites (tertiary alicyclic amines) is 1. The monoisotopic (exact) mass is 262 g/mol. The third kappa shape index (κ3) is 4.51. The quantitative estimate of drug-likeness (QED) is 0.797. The number of ether oxygens (including phenoxy) is 1. The van der Waals surface area contributed by atoms with Crippen molar-refractivity contribution in [1.29, 1.82) is 0 Å². The maximum absolute atomic E-state index is 5.72. The molecule has 1 aromatic carbocycles. The van der Waals surface area contributed by atoms with Crippen LogP contribution in [0.1, 0.15) is 26.2 Å². The Labute approximate surface area is 116 Å². The predicted molar refractivity (Wildman–Crippen MR) is 79.7 cm³/mol. The summed E-state index contributed by atoms with van der Waals surface area (Å²) in [5.74, 6) is 0.976. The van der Waals surface area contributed by atoms with Crippen LogP contribution in [-0.2, 0) is 0 Å². The Morgan fingerprint density at radius 2 is 1.89 bits per heavy atom. The van der Waals surface area contributed by atoms with Crippen molar-refractivity contribution in [2.24, 2.45) is 0 Å². The molecule has 1 heterocycles. The second-order valence-electron chi connectivity index (χ2n) is 5.67. The molecule has 0 bridgehead atoms. The van der Waals surface area contributed by atoms with Crippen LogP contribution in [0, 0.1) is 0 Å². The van der Waals surface area contributed by atoms with Crippen LogP contribution in [0.3, 0.4) is 0 Å². The Kier molecular flexibility index (Phi) is 5.23. The van der Waals surface area contributed by atoms with E-state index in [1.54, 1.807) is 0 Å². The van der Waals surface area contributed by atoms with E-state index in [2.05, 4.69) is 24.2 Å². The lowest BCUT2D eigenvalue weighted by molar-refractivity contribution is 0.144. The molecule has 1 aliphatic rings. The number of benzene rings is 1. The van der Waals surface area contributed by atoms with Crippen molar-refractivity contribution in [3.63, 3.8) is 0 Å². The topological polar surface area (TPSA) is 24.5 Å². The zero-order chi connectivity index (χ0) is 13.6. The highest BCUT2D eigenvalue weighted by Crippen LogP contribution is 2.21. The Balaban J connectivity index is 1.60. The third-order valence-electron chi connectivity index (χ3n) is 4.19. The normalized spacial score (nSPS) is 19.3. The molecule has 0 radical (unpaired) electrons. The van der Waals surface area contributed by atoms with E-state index in [1.165, 1.54) is 25.9 Å². The lowest BCUT2D eigenvalue weighted by atomic mass is 9.90. The molecule has 106 valence electrons. The first-order chi connectivity index (χ1) is 9.22. The third-order valence-corrected chi connectivity index (χ3v) is 4.19. The summed E-state index contributed by atoms with van der Waals surface area (Å²) in [7, 11) is 2.07. The average molecular weight is 262 g/mol. The minimum absolute atomic E-state index is 0.344. The Hall–Kier alpha value is -1.06. The molecule has 1 N–H and O–H groups in total. The standard InChI is InChI=1S/C16H26N2O/c1-16(17-2)9-12-18(13-10-16)11-6-14-19-15-7-4-3-5-8-15/h3-5,7-8,17H,6,9-14H2,1-2H3. The van der Waals surface area contributed by atoms with Gasteiger partial charge in [-0.2, -0.15) is 0 Å². The molecular formula is C16H26N2O. The minimum atomic E-state index is 0.344. The van der Waals surface area contributed by atoms with Crippen LogP contribution in [0.15, 0.2) is 30.3 Å². The van der Waals surface area contributed by atoms with Crippen molar-refractivity contribution in [2.45, 2.75) is 31.7 Å². The highest BCUT2D eigenvalue weighted by atomic mass is 16.5. The number of hydrogen-bond acceptors (Lipinski definition) is 3. The number of nitrogens with zero attached hydrogens (tertiary/aromatic N) is 1. The first-order valence-corrected chi connectivity index (χ1v) is 7.31. The number of rotatable bonds is 6. The van der Waals surface area contributed by atoms with Crippen LogP contribution >= 0.6 is 0 Å². The molecule has 0 spiro atoms. The van der Waals surface area contributed by atoms with Gasteiger partial charge in [-0.15, -0.1) is 0 Å². The molecule has 0 amide bonds. The second kappa shape index (κ2) is 6.92. The molecule has 2 rings (SSSR count). The fourth-order valence-corrected chi connectivity index (χ4v) is 2.52. The van der Waals surface area contributed by atoms with Crippen molar-refractivity contribution in [2.75, 3.05) is 33.3 Å². The zero-order valence-corrected chi connectivity index (χ0v) is 12.2. The van der Waals surface area contributed by atoms with Gasteiger partial charge in [0.2, 0.25) is 0 Å². The molecule has 3 nitrogen and oxygen atoms in total. The smallest absolute Gasteiger partial charge is 0.119 e. The van der Waals surface area contributed by atoms with Crippen molar-refractivity contribution in [3.05, 3.63) is 30.3 Å². The zero-order valence-electron chi connectivity index (χ0n) is 12.2. The molecule has 0 saturated carbocycles. The average Bonchev–Trinajstić information content (AvgIpc) is 2.47. The van der Waals surface area contributed by atoms with Gasteiger partial charge in [0.25, 0.3) is 0 Å². The summed E-state index contributed by atoms with van der Waals surface area (Å²) in [5.41, 5.74) is 0.344. The second-order valence-corrected chi connectivity index (χ2v) is 5.67. The van der Waals surface area contributed by atoms with Gasteiger partial charge in [0.05, 0.1) is 6.61 Å². The minimum Gasteiger partial charge on any atom is -0.494 e. The van der Waals surface area contributed by atoms with Crippen LogP contribution < -0.4 is 10.1 Å². The van der Waals surface area contributed by atoms with E-state index < -0.39 is 0 Å². The Morgan fingerprint density at radius 1 is 1.21 bits per heavy atom. The summed E-state index contributed by atoms with van der Waals surface area (Å²) in [6, 6.07) is 10.1. The summed E-state index contributed by atoms with van der Waals surface area (Å²) in [6.45, 7) is 6.67. The SMILES string of the molecule is CNC1(C)CCN(CCCOc2ccccc2)CC1. The van der Waals surface area contributed by atoms with Gasteiger partial charge in [0, 0.05) is 12.1 Å². The summed E-state index contributed by atoms with van der Waals surface area (Å²) in [5, 5.41) is 3.44. The molecule has 1 aromatic rings. The molecular weight excluding hydrogens is 236 g/mol. The predicted octanol–water partition coefficient (Wildman–Crippen LogP) is 2.53. The largest absolute Gasteiger partial charge is 0.494 e. The van der Waals surface area contributed by atoms with Crippen molar-refractivity contribution in [1.82, 2.24) is 10.2 Å². The molecule has 0 atom stereocenters. The van der Waals surface area contributed by atoms with Crippen molar-refractivity contribution < 1.29 is 4.74 Å². The molecule has 0 aromatic heterocycles. The summed E-state index contributed by atoms with van der Waals surface area (Å²) in [4.78, 5) is 2.55. The molecule has 1 fully saturated rings. The summed E-state index contributed by atoms with van der Waals surface area (Å²) in [6.07, 6.45) is 3.58. The van der Waals surface area contributed by atoms with E-state index in [9.17, 15) is 0 Å². The van der Waals surface area contributed by atoms with Gasteiger partial charge in [-0.1, -0.05) is 18.2 Å². The first kappa shape index (κ1) is 14.4. The van der Waals surface area contributed by atoms with E-state index in [0.717, 1.165) is 25.3 Å². The number of hydrogen-bond donors (Lipinski definition) is 1. The lowest BCUT2D eigenvalue weighted by Gasteiger charge is -2.39. The maximum Gasteiger partial charge on any atom is 0.119 e. The van der Waals surface area contributed by atoms with E-state index >= 15 is 0 Å². The van der Waals surface area contributed by atoms with Crippen LogP contribution in [0.2, 0.25) is 0 Å². The highest BCUT2D eigenvalue weighted by Gasteiger charge is 2.27. The van der Waals surface area contributed by atoms with Gasteiger partial charge in [-0.3, -0.25) is 0 Å². The molecule has 0 aliphatic carbocycles. The Bertz CT molecular complexity index is 358. The molecule has 1 aliphatic heterocycles. The fourth-order valence-electron chi connectivity index (χ4n) is 2.52. The van der Waals surface area contributed by atoms with Crippen molar-refractivity contribution >= 4 is 0 Å². The number of piperidine rings is 1. The maximum atomic E-state index is 5.72. The number of para-hydroxylation sites is 1. The van der Waals surface area contributed by atoms with Crippen LogP contribution in [0.5, 0.6) is 5.75 Å². The lowest BCUT2D eigenvalue weighted by Crippen LogP contribution is -2.50. The highest BCUT2D eigenvalue weighted by molar-refractivity contribution is 5.20. The molecule has 1 saturated heterocycles. The summed E-state index contributed by atoms with van der Waals surface area (Å²) < 4.78 is 5.72. The van der Waals surface area contributed by atoms with Crippen molar-refractivity contribution in [3.8, 4) is 5.75 Å². The van der Waals surface area contributed by atoms with Gasteiger partial charge < -0.3 is 15.0 Å². The summed E-state index contributed by atoms with van der Waals surface area (Å²) >= 11 is 0. The van der Waals surface area contributed by atoms with Gasteiger partial charge >= 0.3 is 0 Å².